The first-order valence-corrected chi connectivity index (χ1v) is 7.36. The van der Waals surface area contributed by atoms with Crippen LogP contribution in [0.2, 0.25) is 0 Å². The number of nitrogens with one attached hydrogen (secondary N) is 1. The third kappa shape index (κ3) is 4.26. The molecule has 1 rings (SSSR count). The standard InChI is InChI=1S/C15H19NO4S/c1-6-20-15(19)12-9(4)13(10(5)17)21-14(12)16-11(18)7-8(2)3/h7H,6H2,1-5H3,(H,16,18). The van der Waals surface area contributed by atoms with E-state index < -0.39 is 5.97 Å². The fraction of sp³-hybridized carbons (Fsp3) is 0.400. The van der Waals surface area contributed by atoms with Gasteiger partial charge in [0.15, 0.2) is 5.78 Å². The Balaban J connectivity index is 3.26. The Kier molecular flexibility index (Phi) is 5.84. The van der Waals surface area contributed by atoms with Crippen LogP contribution in [0.3, 0.4) is 0 Å². The molecule has 0 aromatic carbocycles. The second kappa shape index (κ2) is 7.17. The van der Waals surface area contributed by atoms with E-state index in [1.54, 1.807) is 27.7 Å². The molecule has 1 heterocycles. The molecule has 1 aromatic heterocycles. The summed E-state index contributed by atoms with van der Waals surface area (Å²) in [5.41, 5.74) is 1.63. The Bertz CT molecular complexity index is 609. The number of rotatable bonds is 5. The molecule has 0 spiro atoms. The van der Waals surface area contributed by atoms with Crippen LogP contribution in [0.15, 0.2) is 11.6 Å². The monoisotopic (exact) mass is 309 g/mol. The highest BCUT2D eigenvalue weighted by atomic mass is 32.1. The van der Waals surface area contributed by atoms with Crippen LogP contribution in [0, 0.1) is 6.92 Å². The quantitative estimate of drug-likeness (QED) is 0.514. The van der Waals surface area contributed by atoms with Crippen LogP contribution in [0.1, 0.15) is 53.3 Å². The van der Waals surface area contributed by atoms with E-state index in [4.69, 9.17) is 4.74 Å². The summed E-state index contributed by atoms with van der Waals surface area (Å²) in [4.78, 5) is 35.9. The van der Waals surface area contributed by atoms with Gasteiger partial charge in [0.1, 0.15) is 5.00 Å². The Morgan fingerprint density at radius 2 is 1.86 bits per heavy atom. The number of hydrogen-bond donors (Lipinski definition) is 1. The number of thiophene rings is 1. The number of Topliss-reactive ketones (excluding diaryl/α,β-unsaturated/α-hetero) is 1. The zero-order valence-corrected chi connectivity index (χ0v) is 13.6. The zero-order chi connectivity index (χ0) is 16.2. The third-order valence-corrected chi connectivity index (χ3v) is 3.91. The number of allylic oxidation sites excluding steroid dienone is 1. The Morgan fingerprint density at radius 3 is 2.33 bits per heavy atom. The van der Waals surface area contributed by atoms with Gasteiger partial charge in [-0.2, -0.15) is 0 Å². The van der Waals surface area contributed by atoms with E-state index in [1.165, 1.54) is 13.0 Å². The van der Waals surface area contributed by atoms with Crippen LogP contribution in [0.25, 0.3) is 0 Å². The van der Waals surface area contributed by atoms with Crippen molar-refractivity contribution in [1.29, 1.82) is 0 Å². The van der Waals surface area contributed by atoms with E-state index in [0.29, 0.717) is 15.4 Å². The van der Waals surface area contributed by atoms with E-state index in [2.05, 4.69) is 5.32 Å². The minimum Gasteiger partial charge on any atom is -0.462 e. The van der Waals surface area contributed by atoms with Crippen molar-refractivity contribution in [3.8, 4) is 0 Å². The number of carbonyl (C=O) groups excluding carboxylic acids is 3. The topological polar surface area (TPSA) is 72.5 Å². The summed E-state index contributed by atoms with van der Waals surface area (Å²) < 4.78 is 4.99. The van der Waals surface area contributed by atoms with E-state index in [-0.39, 0.29) is 23.9 Å². The highest BCUT2D eigenvalue weighted by Crippen LogP contribution is 2.34. The maximum atomic E-state index is 12.0. The minimum atomic E-state index is -0.536. The normalized spacial score (nSPS) is 9.95. The predicted octanol–water partition coefficient (Wildman–Crippen LogP) is 3.34. The Hall–Kier alpha value is -1.95. The first kappa shape index (κ1) is 17.1. The van der Waals surface area contributed by atoms with Crippen molar-refractivity contribution in [3.05, 3.63) is 27.7 Å². The van der Waals surface area contributed by atoms with Crippen molar-refractivity contribution >= 4 is 34.0 Å². The smallest absolute Gasteiger partial charge is 0.341 e. The lowest BCUT2D eigenvalue weighted by molar-refractivity contribution is -0.111. The van der Waals surface area contributed by atoms with E-state index in [9.17, 15) is 14.4 Å². The SMILES string of the molecule is CCOC(=O)c1c(NC(=O)C=C(C)C)sc(C(C)=O)c1C. The lowest BCUT2D eigenvalue weighted by Gasteiger charge is -2.05. The third-order valence-electron chi connectivity index (χ3n) is 2.60. The number of anilines is 1. The van der Waals surface area contributed by atoms with Gasteiger partial charge in [0, 0.05) is 6.08 Å². The van der Waals surface area contributed by atoms with Gasteiger partial charge >= 0.3 is 5.97 Å². The van der Waals surface area contributed by atoms with Gasteiger partial charge in [-0.15, -0.1) is 11.3 Å². The molecular weight excluding hydrogens is 290 g/mol. The molecule has 1 aromatic rings. The fourth-order valence-electron chi connectivity index (χ4n) is 1.80. The number of ketones is 1. The van der Waals surface area contributed by atoms with E-state index >= 15 is 0 Å². The van der Waals surface area contributed by atoms with Crippen LogP contribution in [0.4, 0.5) is 5.00 Å². The molecule has 0 unspecified atom stereocenters. The van der Waals surface area contributed by atoms with Crippen molar-refractivity contribution in [1.82, 2.24) is 0 Å². The molecule has 21 heavy (non-hydrogen) atoms. The van der Waals surface area contributed by atoms with Crippen LogP contribution < -0.4 is 5.32 Å². The summed E-state index contributed by atoms with van der Waals surface area (Å²) in [5, 5.41) is 2.99. The lowest BCUT2D eigenvalue weighted by Crippen LogP contribution is -2.13. The maximum absolute atomic E-state index is 12.0. The summed E-state index contributed by atoms with van der Waals surface area (Å²) in [6.45, 7) is 8.63. The molecule has 0 atom stereocenters. The van der Waals surface area contributed by atoms with Gasteiger partial charge in [-0.1, -0.05) is 5.57 Å². The van der Waals surface area contributed by atoms with Gasteiger partial charge in [-0.05, 0) is 40.2 Å². The molecule has 6 heteroatoms. The highest BCUT2D eigenvalue weighted by molar-refractivity contribution is 7.18. The molecule has 0 saturated carbocycles. The molecule has 0 aliphatic heterocycles. The summed E-state index contributed by atoms with van der Waals surface area (Å²) in [6.07, 6.45) is 1.43. The second-order valence-corrected chi connectivity index (χ2v) is 5.77. The molecule has 0 radical (unpaired) electrons. The summed E-state index contributed by atoms with van der Waals surface area (Å²) >= 11 is 1.09. The molecule has 0 aliphatic carbocycles. The summed E-state index contributed by atoms with van der Waals surface area (Å²) in [7, 11) is 0. The largest absolute Gasteiger partial charge is 0.462 e. The number of esters is 1. The highest BCUT2D eigenvalue weighted by Gasteiger charge is 2.24. The Labute approximate surface area is 128 Å². The van der Waals surface area contributed by atoms with Crippen LogP contribution in [-0.2, 0) is 9.53 Å². The lowest BCUT2D eigenvalue weighted by atomic mass is 10.1. The molecular formula is C15H19NO4S. The summed E-state index contributed by atoms with van der Waals surface area (Å²) in [5.74, 6) is -1.02. The van der Waals surface area contributed by atoms with Crippen molar-refractivity contribution in [2.75, 3.05) is 11.9 Å². The number of carbonyl (C=O) groups is 3. The number of hydrogen-bond acceptors (Lipinski definition) is 5. The summed E-state index contributed by atoms with van der Waals surface area (Å²) in [6, 6.07) is 0. The van der Waals surface area contributed by atoms with Gasteiger partial charge < -0.3 is 10.1 Å². The zero-order valence-electron chi connectivity index (χ0n) is 12.8. The fourth-order valence-corrected chi connectivity index (χ4v) is 2.89. The van der Waals surface area contributed by atoms with Gasteiger partial charge in [0.2, 0.25) is 5.91 Å². The molecule has 0 fully saturated rings. The Morgan fingerprint density at radius 1 is 1.24 bits per heavy atom. The van der Waals surface area contributed by atoms with Crippen molar-refractivity contribution in [2.24, 2.45) is 0 Å². The van der Waals surface area contributed by atoms with Crippen molar-refractivity contribution < 1.29 is 19.1 Å². The van der Waals surface area contributed by atoms with Crippen molar-refractivity contribution in [3.63, 3.8) is 0 Å². The van der Waals surface area contributed by atoms with Crippen LogP contribution in [0.5, 0.6) is 0 Å². The van der Waals surface area contributed by atoms with Gasteiger partial charge in [-0.25, -0.2) is 4.79 Å². The van der Waals surface area contributed by atoms with E-state index in [1.807, 2.05) is 0 Å². The molecule has 0 saturated heterocycles. The molecule has 1 N–H and O–H groups in total. The van der Waals surface area contributed by atoms with Crippen LogP contribution in [-0.4, -0.2) is 24.3 Å². The average Bonchev–Trinajstić information content (AvgIpc) is 2.65. The first-order chi connectivity index (χ1) is 9.77. The van der Waals surface area contributed by atoms with Gasteiger partial charge in [-0.3, -0.25) is 9.59 Å². The number of amides is 1. The van der Waals surface area contributed by atoms with Gasteiger partial charge in [0.05, 0.1) is 17.0 Å². The second-order valence-electron chi connectivity index (χ2n) is 4.75. The minimum absolute atomic E-state index is 0.147. The molecule has 0 bridgehead atoms. The van der Waals surface area contributed by atoms with Crippen molar-refractivity contribution in [2.45, 2.75) is 34.6 Å². The maximum Gasteiger partial charge on any atom is 0.341 e. The predicted molar refractivity (Wildman–Crippen MR) is 83.1 cm³/mol. The molecule has 0 aliphatic rings. The number of ether oxygens (including phenoxy) is 1. The average molecular weight is 309 g/mol. The first-order valence-electron chi connectivity index (χ1n) is 6.55. The van der Waals surface area contributed by atoms with Gasteiger partial charge in [0.25, 0.3) is 0 Å². The molecule has 1 amide bonds. The van der Waals surface area contributed by atoms with E-state index in [0.717, 1.165) is 16.9 Å². The molecule has 5 nitrogen and oxygen atoms in total. The van der Waals surface area contributed by atoms with Crippen LogP contribution >= 0.6 is 11.3 Å². The molecule has 114 valence electrons.